The molecule has 1 atom stereocenters. The summed E-state index contributed by atoms with van der Waals surface area (Å²) in [5, 5.41) is 11.1. The van der Waals surface area contributed by atoms with Gasteiger partial charge in [-0.25, -0.2) is 12.7 Å². The molecule has 1 fully saturated rings. The van der Waals surface area contributed by atoms with Gasteiger partial charge in [0.25, 0.3) is 0 Å². The van der Waals surface area contributed by atoms with E-state index < -0.39 is 10.0 Å². The van der Waals surface area contributed by atoms with Crippen LogP contribution in [0.15, 0.2) is 21.8 Å². The molecule has 0 aromatic carbocycles. The van der Waals surface area contributed by atoms with Crippen molar-refractivity contribution in [2.24, 2.45) is 4.99 Å². The Morgan fingerprint density at radius 1 is 1.44 bits per heavy atom. The number of aliphatic imine (C=N–C) groups is 1. The highest BCUT2D eigenvalue weighted by atomic mass is 127. The van der Waals surface area contributed by atoms with Crippen LogP contribution >= 0.6 is 35.3 Å². The fraction of sp³-hybridized carbons (Fsp3) is 0.688. The Bertz CT molecular complexity index is 627. The highest BCUT2D eigenvalue weighted by Gasteiger charge is 2.27. The van der Waals surface area contributed by atoms with Gasteiger partial charge < -0.3 is 10.6 Å². The third kappa shape index (κ3) is 6.69. The van der Waals surface area contributed by atoms with Crippen molar-refractivity contribution in [3.63, 3.8) is 0 Å². The van der Waals surface area contributed by atoms with Gasteiger partial charge >= 0.3 is 0 Å². The van der Waals surface area contributed by atoms with Gasteiger partial charge in [0, 0.05) is 32.7 Å². The molecule has 0 amide bonds. The minimum absolute atomic E-state index is 0. The molecular weight excluding hydrogens is 471 g/mol. The Balaban J connectivity index is 0.00000312. The number of thiophene rings is 1. The van der Waals surface area contributed by atoms with Crippen LogP contribution in [0.1, 0.15) is 38.2 Å². The number of halogens is 1. The Hall–Kier alpha value is -0.390. The van der Waals surface area contributed by atoms with Gasteiger partial charge in [-0.3, -0.25) is 4.99 Å². The number of guanidine groups is 1. The van der Waals surface area contributed by atoms with Crippen LogP contribution in [0.2, 0.25) is 0 Å². The van der Waals surface area contributed by atoms with Crippen molar-refractivity contribution in [3.05, 3.63) is 22.4 Å². The second-order valence-corrected chi connectivity index (χ2v) is 9.17. The summed E-state index contributed by atoms with van der Waals surface area (Å²) in [6.45, 7) is 5.86. The van der Waals surface area contributed by atoms with Gasteiger partial charge in [-0.1, -0.05) is 6.92 Å². The highest BCUT2D eigenvalue weighted by Crippen LogP contribution is 2.17. The first-order valence-corrected chi connectivity index (χ1v) is 11.0. The quantitative estimate of drug-likeness (QED) is 0.358. The molecule has 9 heteroatoms. The summed E-state index contributed by atoms with van der Waals surface area (Å²) >= 11 is 1.71. The van der Waals surface area contributed by atoms with E-state index in [1.54, 1.807) is 29.6 Å². The number of hydrogen-bond donors (Lipinski definition) is 2. The molecule has 2 heterocycles. The van der Waals surface area contributed by atoms with Gasteiger partial charge in [0.05, 0.1) is 5.75 Å². The Labute approximate surface area is 172 Å². The molecule has 2 N–H and O–H groups in total. The average molecular weight is 500 g/mol. The van der Waals surface area contributed by atoms with E-state index in [9.17, 15) is 8.42 Å². The maximum absolute atomic E-state index is 11.9. The predicted octanol–water partition coefficient (Wildman–Crippen LogP) is 2.45. The second kappa shape index (κ2) is 10.7. The van der Waals surface area contributed by atoms with Gasteiger partial charge in [0.2, 0.25) is 10.0 Å². The summed E-state index contributed by atoms with van der Waals surface area (Å²) < 4.78 is 25.4. The van der Waals surface area contributed by atoms with E-state index in [0.717, 1.165) is 25.3 Å². The van der Waals surface area contributed by atoms with Crippen LogP contribution in [0, 0.1) is 0 Å². The molecule has 144 valence electrons. The summed E-state index contributed by atoms with van der Waals surface area (Å²) in [5.74, 6) is 1.38. The molecule has 6 nitrogen and oxygen atoms in total. The van der Waals surface area contributed by atoms with Gasteiger partial charge in [-0.15, -0.1) is 24.0 Å². The van der Waals surface area contributed by atoms with Crippen molar-refractivity contribution in [1.82, 2.24) is 14.9 Å². The maximum atomic E-state index is 11.9. The van der Waals surface area contributed by atoms with E-state index in [-0.39, 0.29) is 35.8 Å². The minimum atomic E-state index is -3.06. The van der Waals surface area contributed by atoms with Crippen LogP contribution in [-0.4, -0.2) is 57.2 Å². The first-order valence-electron chi connectivity index (χ1n) is 8.43. The summed E-state index contributed by atoms with van der Waals surface area (Å²) in [4.78, 5) is 4.28. The van der Waals surface area contributed by atoms with Crippen LogP contribution in [0.25, 0.3) is 0 Å². The number of nitrogens with one attached hydrogen (secondary N) is 2. The van der Waals surface area contributed by atoms with Crippen molar-refractivity contribution in [3.8, 4) is 0 Å². The zero-order chi connectivity index (χ0) is 17.6. The molecule has 0 radical (unpaired) electrons. The topological polar surface area (TPSA) is 73.8 Å². The standard InChI is InChI=1S/C16H28N4O2S2.HI/c1-4-24(21,22)20-8-5-15(6-9-20)19-16(17-3)18-11-13(2)14-7-10-23-12-14;/h7,10,12-13,15H,4-6,8-9,11H2,1-3H3,(H2,17,18,19);1H. The zero-order valence-electron chi connectivity index (χ0n) is 15.1. The molecule has 0 saturated carbocycles. The minimum Gasteiger partial charge on any atom is -0.356 e. The Kier molecular flexibility index (Phi) is 9.68. The predicted molar refractivity (Wildman–Crippen MR) is 117 cm³/mol. The smallest absolute Gasteiger partial charge is 0.213 e. The normalized spacial score (nSPS) is 18.4. The number of nitrogens with zero attached hydrogens (tertiary/aromatic N) is 2. The van der Waals surface area contributed by atoms with E-state index in [1.807, 2.05) is 0 Å². The largest absolute Gasteiger partial charge is 0.356 e. The Morgan fingerprint density at radius 3 is 2.64 bits per heavy atom. The zero-order valence-corrected chi connectivity index (χ0v) is 19.0. The van der Waals surface area contributed by atoms with Crippen LogP contribution in [-0.2, 0) is 10.0 Å². The van der Waals surface area contributed by atoms with Crippen molar-refractivity contribution in [1.29, 1.82) is 0 Å². The van der Waals surface area contributed by atoms with Crippen molar-refractivity contribution >= 4 is 51.3 Å². The first kappa shape index (κ1) is 22.7. The SMILES string of the molecule is CCS(=O)(=O)N1CCC(NC(=NC)NCC(C)c2ccsc2)CC1.I. The third-order valence-electron chi connectivity index (χ3n) is 4.46. The van der Waals surface area contributed by atoms with E-state index in [0.29, 0.717) is 19.0 Å². The molecule has 0 bridgehead atoms. The van der Waals surface area contributed by atoms with Gasteiger partial charge in [0.1, 0.15) is 0 Å². The molecule has 0 spiro atoms. The molecule has 1 saturated heterocycles. The summed E-state index contributed by atoms with van der Waals surface area (Å²) in [7, 11) is -1.30. The van der Waals surface area contributed by atoms with E-state index in [1.165, 1.54) is 5.56 Å². The number of hydrogen-bond acceptors (Lipinski definition) is 4. The van der Waals surface area contributed by atoms with Crippen LogP contribution in [0.5, 0.6) is 0 Å². The lowest BCUT2D eigenvalue weighted by Crippen LogP contribution is -2.50. The molecule has 1 aliphatic heterocycles. The third-order valence-corrected chi connectivity index (χ3v) is 7.05. The lowest BCUT2D eigenvalue weighted by atomic mass is 10.1. The van der Waals surface area contributed by atoms with Crippen molar-refractivity contribution in [2.45, 2.75) is 38.6 Å². The van der Waals surface area contributed by atoms with Gasteiger partial charge in [-0.2, -0.15) is 11.3 Å². The maximum Gasteiger partial charge on any atom is 0.213 e. The fourth-order valence-corrected chi connectivity index (χ4v) is 4.69. The van der Waals surface area contributed by atoms with E-state index >= 15 is 0 Å². The molecular formula is C16H29IN4O2S2. The first-order chi connectivity index (χ1) is 11.5. The van der Waals surface area contributed by atoms with Gasteiger partial charge in [0.15, 0.2) is 5.96 Å². The lowest BCUT2D eigenvalue weighted by Gasteiger charge is -2.32. The van der Waals surface area contributed by atoms with Gasteiger partial charge in [-0.05, 0) is 48.1 Å². The van der Waals surface area contributed by atoms with Crippen molar-refractivity contribution in [2.75, 3.05) is 32.4 Å². The van der Waals surface area contributed by atoms with Crippen LogP contribution < -0.4 is 10.6 Å². The molecule has 25 heavy (non-hydrogen) atoms. The lowest BCUT2D eigenvalue weighted by molar-refractivity contribution is 0.306. The number of rotatable bonds is 6. The fourth-order valence-electron chi connectivity index (χ4n) is 2.77. The van der Waals surface area contributed by atoms with Crippen LogP contribution in [0.3, 0.4) is 0 Å². The molecule has 1 aliphatic rings. The number of piperidine rings is 1. The van der Waals surface area contributed by atoms with E-state index in [2.05, 4.69) is 39.4 Å². The van der Waals surface area contributed by atoms with Crippen LogP contribution in [0.4, 0.5) is 0 Å². The molecule has 0 aliphatic carbocycles. The molecule has 1 unspecified atom stereocenters. The summed E-state index contributed by atoms with van der Waals surface area (Å²) in [6.07, 6.45) is 1.61. The molecule has 2 rings (SSSR count). The van der Waals surface area contributed by atoms with E-state index in [4.69, 9.17) is 0 Å². The second-order valence-electron chi connectivity index (χ2n) is 6.13. The average Bonchev–Trinajstić information content (AvgIpc) is 3.13. The highest BCUT2D eigenvalue weighted by molar-refractivity contribution is 14.0. The summed E-state index contributed by atoms with van der Waals surface area (Å²) in [5.41, 5.74) is 1.33. The molecule has 1 aromatic rings. The Morgan fingerprint density at radius 2 is 2.12 bits per heavy atom. The molecule has 1 aromatic heterocycles. The monoisotopic (exact) mass is 500 g/mol. The number of sulfonamides is 1. The van der Waals surface area contributed by atoms with Crippen molar-refractivity contribution < 1.29 is 8.42 Å². The summed E-state index contributed by atoms with van der Waals surface area (Å²) in [6, 6.07) is 2.41.